The Balaban J connectivity index is 1.44. The number of carbonyl (C=O) groups excluding carboxylic acids is 2. The largest absolute Gasteiger partial charge is 0.484 e. The summed E-state index contributed by atoms with van der Waals surface area (Å²) in [4.78, 5) is 25.7. The number of anilines is 1. The Kier molecular flexibility index (Phi) is 4.84. The van der Waals surface area contributed by atoms with Crippen LogP contribution >= 0.6 is 0 Å². The lowest BCUT2D eigenvalue weighted by atomic mass is 9.99. The second-order valence-electron chi connectivity index (χ2n) is 6.64. The summed E-state index contributed by atoms with van der Waals surface area (Å²) in [5.41, 5.74) is 0.769. The van der Waals surface area contributed by atoms with Gasteiger partial charge in [-0.15, -0.1) is 0 Å². The molecule has 1 saturated heterocycles. The molecule has 0 spiro atoms. The zero-order valence-corrected chi connectivity index (χ0v) is 13.6. The van der Waals surface area contributed by atoms with Gasteiger partial charge in [0.15, 0.2) is 6.61 Å². The maximum absolute atomic E-state index is 12.1. The molecule has 1 N–H and O–H groups in total. The van der Waals surface area contributed by atoms with E-state index in [0.29, 0.717) is 11.7 Å². The van der Waals surface area contributed by atoms with E-state index in [2.05, 4.69) is 12.2 Å². The molecule has 0 atom stereocenters. The minimum atomic E-state index is 0.0445. The van der Waals surface area contributed by atoms with Crippen LogP contribution in [0.1, 0.15) is 32.6 Å². The maximum Gasteiger partial charge on any atom is 0.260 e. The summed E-state index contributed by atoms with van der Waals surface area (Å²) in [6.07, 6.45) is 4.12. The van der Waals surface area contributed by atoms with Crippen molar-refractivity contribution in [2.45, 2.75) is 32.6 Å². The summed E-state index contributed by atoms with van der Waals surface area (Å²) < 4.78 is 5.56. The molecule has 1 aromatic rings. The maximum atomic E-state index is 12.1. The van der Waals surface area contributed by atoms with Crippen LogP contribution in [-0.2, 0) is 9.59 Å². The van der Waals surface area contributed by atoms with Crippen LogP contribution in [0.2, 0.25) is 0 Å². The molecule has 1 aliphatic carbocycles. The first-order valence-corrected chi connectivity index (χ1v) is 8.43. The van der Waals surface area contributed by atoms with E-state index < -0.39 is 0 Å². The van der Waals surface area contributed by atoms with Crippen molar-refractivity contribution in [1.82, 2.24) is 4.90 Å². The Hall–Kier alpha value is -2.04. The van der Waals surface area contributed by atoms with Gasteiger partial charge in [-0.1, -0.05) is 6.92 Å². The lowest BCUT2D eigenvalue weighted by molar-refractivity contribution is -0.134. The highest BCUT2D eigenvalue weighted by atomic mass is 16.5. The third-order valence-electron chi connectivity index (χ3n) is 4.57. The van der Waals surface area contributed by atoms with E-state index in [9.17, 15) is 9.59 Å². The van der Waals surface area contributed by atoms with E-state index in [-0.39, 0.29) is 24.3 Å². The van der Waals surface area contributed by atoms with Crippen molar-refractivity contribution >= 4 is 17.5 Å². The van der Waals surface area contributed by atoms with Gasteiger partial charge in [0.25, 0.3) is 5.91 Å². The van der Waals surface area contributed by atoms with Gasteiger partial charge in [-0.25, -0.2) is 0 Å². The highest BCUT2D eigenvalue weighted by Gasteiger charge is 2.29. The Labute approximate surface area is 137 Å². The van der Waals surface area contributed by atoms with Crippen LogP contribution in [0, 0.1) is 11.8 Å². The van der Waals surface area contributed by atoms with Crippen LogP contribution in [0.3, 0.4) is 0 Å². The van der Waals surface area contributed by atoms with E-state index in [4.69, 9.17) is 4.74 Å². The molecule has 1 heterocycles. The molecule has 23 heavy (non-hydrogen) atoms. The molecule has 0 unspecified atom stereocenters. The zero-order valence-electron chi connectivity index (χ0n) is 13.6. The summed E-state index contributed by atoms with van der Waals surface area (Å²) in [5, 5.41) is 2.88. The fraction of sp³-hybridized carbons (Fsp3) is 0.556. The molecule has 0 aromatic heterocycles. The van der Waals surface area contributed by atoms with Crippen molar-refractivity contribution in [3.63, 3.8) is 0 Å². The van der Waals surface area contributed by atoms with E-state index in [1.54, 1.807) is 12.1 Å². The van der Waals surface area contributed by atoms with Gasteiger partial charge in [0.1, 0.15) is 5.75 Å². The molecule has 2 aliphatic rings. The standard InChI is InChI=1S/C18H24N2O3/c1-13-8-10-20(11-9-13)17(21)12-23-16-6-4-15(5-7-16)19-18(22)14-2-3-14/h4-7,13-14H,2-3,8-12H2,1H3,(H,19,22). The third-order valence-corrected chi connectivity index (χ3v) is 4.57. The monoisotopic (exact) mass is 316 g/mol. The van der Waals surface area contributed by atoms with E-state index in [1.807, 2.05) is 17.0 Å². The van der Waals surface area contributed by atoms with Gasteiger partial charge in [0, 0.05) is 24.7 Å². The van der Waals surface area contributed by atoms with Gasteiger partial charge >= 0.3 is 0 Å². The molecule has 1 saturated carbocycles. The van der Waals surface area contributed by atoms with Gasteiger partial charge in [0.05, 0.1) is 0 Å². The molecular formula is C18H24N2O3. The zero-order chi connectivity index (χ0) is 16.2. The van der Waals surface area contributed by atoms with Crippen LogP contribution in [-0.4, -0.2) is 36.4 Å². The van der Waals surface area contributed by atoms with Crippen LogP contribution in [0.25, 0.3) is 0 Å². The molecule has 2 fully saturated rings. The van der Waals surface area contributed by atoms with Crippen LogP contribution in [0.4, 0.5) is 5.69 Å². The molecule has 5 heteroatoms. The number of benzene rings is 1. The molecule has 5 nitrogen and oxygen atoms in total. The minimum Gasteiger partial charge on any atom is -0.484 e. The van der Waals surface area contributed by atoms with Crippen LogP contribution in [0.5, 0.6) is 5.75 Å². The normalized spacial score (nSPS) is 18.6. The minimum absolute atomic E-state index is 0.0445. The van der Waals surface area contributed by atoms with Gasteiger partial charge in [0.2, 0.25) is 5.91 Å². The second-order valence-corrected chi connectivity index (χ2v) is 6.64. The number of carbonyl (C=O) groups is 2. The van der Waals surface area contributed by atoms with Gasteiger partial charge in [-0.3, -0.25) is 9.59 Å². The van der Waals surface area contributed by atoms with Crippen molar-refractivity contribution in [2.24, 2.45) is 11.8 Å². The second kappa shape index (κ2) is 7.02. The van der Waals surface area contributed by atoms with Crippen molar-refractivity contribution < 1.29 is 14.3 Å². The number of likely N-dealkylation sites (tertiary alicyclic amines) is 1. The number of nitrogens with zero attached hydrogens (tertiary/aromatic N) is 1. The SMILES string of the molecule is CC1CCN(C(=O)COc2ccc(NC(=O)C3CC3)cc2)CC1. The molecular weight excluding hydrogens is 292 g/mol. The number of rotatable bonds is 5. The summed E-state index contributed by atoms with van der Waals surface area (Å²) >= 11 is 0. The lowest BCUT2D eigenvalue weighted by Crippen LogP contribution is -2.40. The van der Waals surface area contributed by atoms with Gasteiger partial charge in [-0.05, 0) is 55.9 Å². The Morgan fingerprint density at radius 3 is 2.39 bits per heavy atom. The number of hydrogen-bond donors (Lipinski definition) is 1. The quantitative estimate of drug-likeness (QED) is 0.908. The third kappa shape index (κ3) is 4.47. The average molecular weight is 316 g/mol. The smallest absolute Gasteiger partial charge is 0.260 e. The summed E-state index contributed by atoms with van der Waals surface area (Å²) in [6, 6.07) is 7.19. The van der Waals surface area contributed by atoms with E-state index >= 15 is 0 Å². The highest BCUT2D eigenvalue weighted by molar-refractivity contribution is 5.94. The Morgan fingerprint density at radius 2 is 1.78 bits per heavy atom. The summed E-state index contributed by atoms with van der Waals surface area (Å²) in [5.74, 6) is 1.68. The van der Waals surface area contributed by atoms with Crippen molar-refractivity contribution in [2.75, 3.05) is 25.0 Å². The lowest BCUT2D eigenvalue weighted by Gasteiger charge is -2.30. The van der Waals surface area contributed by atoms with Crippen LogP contribution in [0.15, 0.2) is 24.3 Å². The molecule has 3 rings (SSSR count). The predicted molar refractivity (Wildman–Crippen MR) is 88.3 cm³/mol. The topological polar surface area (TPSA) is 58.6 Å². The average Bonchev–Trinajstić information content (AvgIpc) is 3.39. The first kappa shape index (κ1) is 15.8. The van der Waals surface area contributed by atoms with E-state index in [0.717, 1.165) is 44.5 Å². The van der Waals surface area contributed by atoms with Crippen molar-refractivity contribution in [3.8, 4) is 5.75 Å². The molecule has 1 aromatic carbocycles. The number of amides is 2. The fourth-order valence-electron chi connectivity index (χ4n) is 2.72. The Bertz CT molecular complexity index is 558. The van der Waals surface area contributed by atoms with E-state index in [1.165, 1.54) is 0 Å². The first-order chi connectivity index (χ1) is 11.1. The number of hydrogen-bond acceptors (Lipinski definition) is 3. The summed E-state index contributed by atoms with van der Waals surface area (Å²) in [7, 11) is 0. The van der Waals surface area contributed by atoms with Gasteiger partial charge < -0.3 is 15.0 Å². The molecule has 2 amide bonds. The molecule has 1 aliphatic heterocycles. The first-order valence-electron chi connectivity index (χ1n) is 8.43. The molecule has 0 bridgehead atoms. The van der Waals surface area contributed by atoms with Crippen molar-refractivity contribution in [1.29, 1.82) is 0 Å². The van der Waals surface area contributed by atoms with Crippen molar-refractivity contribution in [3.05, 3.63) is 24.3 Å². The Morgan fingerprint density at radius 1 is 1.13 bits per heavy atom. The molecule has 0 radical (unpaired) electrons. The van der Waals surface area contributed by atoms with Gasteiger partial charge in [-0.2, -0.15) is 0 Å². The van der Waals surface area contributed by atoms with Crippen LogP contribution < -0.4 is 10.1 Å². The number of nitrogens with one attached hydrogen (secondary N) is 1. The molecule has 124 valence electrons. The predicted octanol–water partition coefficient (Wildman–Crippen LogP) is 2.67. The number of ether oxygens (including phenoxy) is 1. The highest BCUT2D eigenvalue weighted by Crippen LogP contribution is 2.30. The summed E-state index contributed by atoms with van der Waals surface area (Å²) in [6.45, 7) is 3.95. The number of piperidine rings is 1. The fourth-order valence-corrected chi connectivity index (χ4v) is 2.72.